The van der Waals surface area contributed by atoms with Crippen molar-refractivity contribution < 1.29 is 4.42 Å². The lowest BCUT2D eigenvalue weighted by Crippen LogP contribution is -2.13. The van der Waals surface area contributed by atoms with Gasteiger partial charge in [-0.1, -0.05) is 5.21 Å². The fourth-order valence-electron chi connectivity index (χ4n) is 1.79. The van der Waals surface area contributed by atoms with Crippen LogP contribution < -0.4 is 5.32 Å². The second-order valence-corrected chi connectivity index (χ2v) is 4.11. The van der Waals surface area contributed by atoms with Crippen molar-refractivity contribution in [2.24, 2.45) is 0 Å². The first-order valence-corrected chi connectivity index (χ1v) is 5.85. The third-order valence-corrected chi connectivity index (χ3v) is 2.69. The van der Waals surface area contributed by atoms with E-state index in [4.69, 9.17) is 4.42 Å². The fourth-order valence-corrected chi connectivity index (χ4v) is 1.79. The van der Waals surface area contributed by atoms with E-state index in [-0.39, 0.29) is 0 Å². The fraction of sp³-hybridized carbons (Fsp3) is 0.273. The summed E-state index contributed by atoms with van der Waals surface area (Å²) in [5.74, 6) is 2.28. The molecular formula is C11H13N7O. The number of nitrogens with zero attached hydrogens (tertiary/aromatic N) is 4. The van der Waals surface area contributed by atoms with Crippen LogP contribution in [-0.2, 0) is 13.1 Å². The van der Waals surface area contributed by atoms with Crippen LogP contribution in [0.1, 0.15) is 17.1 Å². The van der Waals surface area contributed by atoms with Gasteiger partial charge in [0.2, 0.25) is 0 Å². The van der Waals surface area contributed by atoms with Gasteiger partial charge in [0.05, 0.1) is 12.7 Å². The molecule has 0 saturated heterocycles. The molecule has 0 atom stereocenters. The van der Waals surface area contributed by atoms with E-state index in [1.165, 1.54) is 0 Å². The van der Waals surface area contributed by atoms with E-state index in [1.54, 1.807) is 6.20 Å². The minimum Gasteiger partial charge on any atom is -0.460 e. The van der Waals surface area contributed by atoms with E-state index < -0.39 is 0 Å². The predicted octanol–water partition coefficient (Wildman–Crippen LogP) is 0.781. The minimum absolute atomic E-state index is 0.540. The van der Waals surface area contributed by atoms with Crippen molar-refractivity contribution in [1.29, 1.82) is 0 Å². The number of furan rings is 1. The molecule has 19 heavy (non-hydrogen) atoms. The van der Waals surface area contributed by atoms with Gasteiger partial charge < -0.3 is 9.73 Å². The van der Waals surface area contributed by atoms with Crippen molar-refractivity contribution in [1.82, 2.24) is 36.1 Å². The summed E-state index contributed by atoms with van der Waals surface area (Å²) in [6, 6.07) is 3.85. The third-order valence-electron chi connectivity index (χ3n) is 2.69. The standard InChI is InChI=1S/C11H13N7O/c1-7-2-3-9(19-7)11-8(5-13-16-11)4-12-6-10-14-17-18-15-10/h2-3,5,12H,4,6H2,1H3,(H,13,16)(H,14,15,17,18). The van der Waals surface area contributed by atoms with Crippen molar-refractivity contribution in [2.75, 3.05) is 0 Å². The first kappa shape index (κ1) is 11.6. The molecule has 8 nitrogen and oxygen atoms in total. The third kappa shape index (κ3) is 2.52. The van der Waals surface area contributed by atoms with E-state index in [1.807, 2.05) is 19.1 Å². The normalized spacial score (nSPS) is 11.0. The van der Waals surface area contributed by atoms with Gasteiger partial charge in [0.25, 0.3) is 0 Å². The van der Waals surface area contributed by atoms with Gasteiger partial charge in [0.1, 0.15) is 11.5 Å². The van der Waals surface area contributed by atoms with Crippen molar-refractivity contribution in [3.63, 3.8) is 0 Å². The Bertz CT molecular complexity index is 640. The first-order chi connectivity index (χ1) is 9.33. The van der Waals surface area contributed by atoms with Gasteiger partial charge in [0, 0.05) is 12.1 Å². The number of aromatic amines is 2. The van der Waals surface area contributed by atoms with Crippen molar-refractivity contribution in [2.45, 2.75) is 20.0 Å². The number of tetrazole rings is 1. The van der Waals surface area contributed by atoms with E-state index in [0.29, 0.717) is 18.9 Å². The molecule has 0 saturated carbocycles. The Labute approximate surface area is 108 Å². The summed E-state index contributed by atoms with van der Waals surface area (Å²) in [6.45, 7) is 3.09. The molecule has 3 heterocycles. The summed E-state index contributed by atoms with van der Waals surface area (Å²) in [4.78, 5) is 0. The lowest BCUT2D eigenvalue weighted by atomic mass is 10.2. The molecule has 0 aliphatic rings. The van der Waals surface area contributed by atoms with Crippen LogP contribution in [0.3, 0.4) is 0 Å². The summed E-state index contributed by atoms with van der Waals surface area (Å²) in [7, 11) is 0. The molecule has 0 bridgehead atoms. The maximum Gasteiger partial charge on any atom is 0.188 e. The molecule has 0 amide bonds. The molecule has 0 aliphatic carbocycles. The largest absolute Gasteiger partial charge is 0.460 e. The van der Waals surface area contributed by atoms with Gasteiger partial charge in [0.15, 0.2) is 11.6 Å². The Hall–Kier alpha value is -2.48. The lowest BCUT2D eigenvalue weighted by molar-refractivity contribution is 0.545. The van der Waals surface area contributed by atoms with Crippen LogP contribution in [-0.4, -0.2) is 30.8 Å². The van der Waals surface area contributed by atoms with Crippen molar-refractivity contribution in [3.8, 4) is 11.5 Å². The number of nitrogens with one attached hydrogen (secondary N) is 3. The van der Waals surface area contributed by atoms with Crippen molar-refractivity contribution in [3.05, 3.63) is 35.5 Å². The quantitative estimate of drug-likeness (QED) is 0.625. The molecule has 3 rings (SSSR count). The predicted molar refractivity (Wildman–Crippen MR) is 65.7 cm³/mol. The summed E-state index contributed by atoms with van der Waals surface area (Å²) < 4.78 is 5.58. The number of aromatic nitrogens is 6. The second-order valence-electron chi connectivity index (χ2n) is 4.11. The van der Waals surface area contributed by atoms with Crippen LogP contribution in [0.2, 0.25) is 0 Å². The van der Waals surface area contributed by atoms with Crippen LogP contribution in [0.4, 0.5) is 0 Å². The molecular weight excluding hydrogens is 246 g/mol. The smallest absolute Gasteiger partial charge is 0.188 e. The Balaban J connectivity index is 1.67. The van der Waals surface area contributed by atoms with Crippen LogP contribution >= 0.6 is 0 Å². The van der Waals surface area contributed by atoms with Gasteiger partial charge >= 0.3 is 0 Å². The average Bonchev–Trinajstić information content (AvgIpc) is 3.10. The highest BCUT2D eigenvalue weighted by molar-refractivity contribution is 5.56. The average molecular weight is 259 g/mol. The van der Waals surface area contributed by atoms with Crippen LogP contribution in [0.5, 0.6) is 0 Å². The maximum absolute atomic E-state index is 5.58. The molecule has 0 spiro atoms. The molecule has 3 aromatic rings. The second kappa shape index (κ2) is 5.02. The summed E-state index contributed by atoms with van der Waals surface area (Å²) >= 11 is 0. The lowest BCUT2D eigenvalue weighted by Gasteiger charge is -2.01. The zero-order chi connectivity index (χ0) is 13.1. The number of rotatable bonds is 5. The van der Waals surface area contributed by atoms with E-state index in [2.05, 4.69) is 36.1 Å². The van der Waals surface area contributed by atoms with Crippen LogP contribution in [0, 0.1) is 6.92 Å². The minimum atomic E-state index is 0.540. The molecule has 0 aromatic carbocycles. The van der Waals surface area contributed by atoms with Gasteiger partial charge in [-0.3, -0.25) is 5.10 Å². The topological polar surface area (TPSA) is 108 Å². The zero-order valence-corrected chi connectivity index (χ0v) is 10.3. The molecule has 98 valence electrons. The summed E-state index contributed by atoms with van der Waals surface area (Å²) in [6.07, 6.45) is 1.77. The van der Waals surface area contributed by atoms with Gasteiger partial charge in [-0.25, -0.2) is 0 Å². The number of hydrogen-bond acceptors (Lipinski definition) is 6. The Morgan fingerprint density at radius 2 is 2.26 bits per heavy atom. The molecule has 3 N–H and O–H groups in total. The Morgan fingerprint density at radius 1 is 1.32 bits per heavy atom. The van der Waals surface area contributed by atoms with Gasteiger partial charge in [-0.15, -0.1) is 10.2 Å². The van der Waals surface area contributed by atoms with Crippen molar-refractivity contribution >= 4 is 0 Å². The molecule has 0 unspecified atom stereocenters. The molecule has 8 heteroatoms. The first-order valence-electron chi connectivity index (χ1n) is 5.85. The summed E-state index contributed by atoms with van der Waals surface area (Å²) in [5, 5.41) is 23.9. The molecule has 0 radical (unpaired) electrons. The monoisotopic (exact) mass is 259 g/mol. The van der Waals surface area contributed by atoms with E-state index in [0.717, 1.165) is 22.8 Å². The van der Waals surface area contributed by atoms with Gasteiger partial charge in [-0.2, -0.15) is 10.3 Å². The SMILES string of the molecule is Cc1ccc(-c2[nH]ncc2CNCc2nn[nH]n2)o1. The zero-order valence-electron chi connectivity index (χ0n) is 10.3. The highest BCUT2D eigenvalue weighted by Crippen LogP contribution is 2.23. The Kier molecular flexibility index (Phi) is 3.07. The molecule has 3 aromatic heterocycles. The number of H-pyrrole nitrogens is 2. The van der Waals surface area contributed by atoms with E-state index in [9.17, 15) is 0 Å². The van der Waals surface area contributed by atoms with E-state index >= 15 is 0 Å². The number of hydrogen-bond donors (Lipinski definition) is 3. The maximum atomic E-state index is 5.58. The van der Waals surface area contributed by atoms with Crippen LogP contribution in [0.25, 0.3) is 11.5 Å². The van der Waals surface area contributed by atoms with Gasteiger partial charge in [-0.05, 0) is 19.1 Å². The highest BCUT2D eigenvalue weighted by atomic mass is 16.3. The molecule has 0 fully saturated rings. The Morgan fingerprint density at radius 3 is 3.00 bits per heavy atom. The number of aryl methyl sites for hydroxylation is 1. The highest BCUT2D eigenvalue weighted by Gasteiger charge is 2.11. The summed E-state index contributed by atoms with van der Waals surface area (Å²) in [5.41, 5.74) is 1.91. The molecule has 0 aliphatic heterocycles. The van der Waals surface area contributed by atoms with Crippen LogP contribution in [0.15, 0.2) is 22.7 Å².